The summed E-state index contributed by atoms with van der Waals surface area (Å²) < 4.78 is 12.9. The molecule has 2 N–H and O–H groups in total. The Labute approximate surface area is 86.6 Å². The molecular weight excluding hydrogens is 195 g/mol. The number of carbonyl (C=O) groups is 1. The van der Waals surface area contributed by atoms with Crippen LogP contribution in [0.15, 0.2) is 24.3 Å². The second-order valence-electron chi connectivity index (χ2n) is 2.92. The van der Waals surface area contributed by atoms with Crippen LogP contribution in [0.4, 0.5) is 4.39 Å². The van der Waals surface area contributed by atoms with E-state index in [2.05, 4.69) is 0 Å². The van der Waals surface area contributed by atoms with E-state index >= 15 is 0 Å². The number of halogens is 1. The first-order valence-electron chi connectivity index (χ1n) is 4.28. The summed E-state index contributed by atoms with van der Waals surface area (Å²) in [5, 5.41) is 8.57. The van der Waals surface area contributed by atoms with E-state index in [0.29, 0.717) is 5.56 Å². The quantitative estimate of drug-likeness (QED) is 0.812. The molecule has 76 valence electrons. The van der Waals surface area contributed by atoms with Crippen molar-refractivity contribution >= 4 is 12.0 Å². The number of primary amides is 1. The van der Waals surface area contributed by atoms with Crippen molar-refractivity contribution in [3.63, 3.8) is 0 Å². The van der Waals surface area contributed by atoms with Gasteiger partial charge in [-0.1, -0.05) is 18.2 Å². The van der Waals surface area contributed by atoms with Gasteiger partial charge < -0.3 is 5.73 Å². The van der Waals surface area contributed by atoms with Gasteiger partial charge in [0.05, 0.1) is 5.56 Å². The molecule has 0 atom stereocenters. The highest BCUT2D eigenvalue weighted by atomic mass is 19.1. The van der Waals surface area contributed by atoms with Gasteiger partial charge in [0.25, 0.3) is 0 Å². The molecule has 0 fully saturated rings. The zero-order valence-electron chi connectivity index (χ0n) is 7.90. The Morgan fingerprint density at radius 3 is 2.93 bits per heavy atom. The van der Waals surface area contributed by atoms with E-state index in [-0.39, 0.29) is 12.0 Å². The number of nitriles is 1. The molecule has 1 aromatic carbocycles. The standard InChI is InChI=1S/C11H9FN2O/c12-10-5-4-8(6-9(10)7-13)2-1-3-11(14)15/h1-2,4-6H,3H2,(H2,14,15). The molecule has 3 nitrogen and oxygen atoms in total. The van der Waals surface area contributed by atoms with Crippen molar-refractivity contribution in [1.29, 1.82) is 5.26 Å². The van der Waals surface area contributed by atoms with E-state index in [1.807, 2.05) is 0 Å². The highest BCUT2D eigenvalue weighted by Gasteiger charge is 2.00. The first-order valence-corrected chi connectivity index (χ1v) is 4.28. The molecule has 0 spiro atoms. The molecular formula is C11H9FN2O. The van der Waals surface area contributed by atoms with Crippen molar-refractivity contribution < 1.29 is 9.18 Å². The maximum absolute atomic E-state index is 12.9. The van der Waals surface area contributed by atoms with Crippen molar-refractivity contribution in [2.75, 3.05) is 0 Å². The second kappa shape index (κ2) is 4.91. The Balaban J connectivity index is 2.84. The van der Waals surface area contributed by atoms with Crippen LogP contribution in [0, 0.1) is 17.1 Å². The molecule has 1 aromatic rings. The van der Waals surface area contributed by atoms with Crippen LogP contribution in [0.5, 0.6) is 0 Å². The number of hydrogen-bond acceptors (Lipinski definition) is 2. The summed E-state index contributed by atoms with van der Waals surface area (Å²) in [5.41, 5.74) is 5.58. The number of amides is 1. The molecule has 1 rings (SSSR count). The monoisotopic (exact) mass is 204 g/mol. The fourth-order valence-corrected chi connectivity index (χ4v) is 1.04. The summed E-state index contributed by atoms with van der Waals surface area (Å²) in [6.45, 7) is 0. The Morgan fingerprint density at radius 2 is 2.33 bits per heavy atom. The zero-order chi connectivity index (χ0) is 11.3. The molecule has 15 heavy (non-hydrogen) atoms. The average Bonchev–Trinajstić information content (AvgIpc) is 2.20. The van der Waals surface area contributed by atoms with Gasteiger partial charge in [-0.25, -0.2) is 4.39 Å². The summed E-state index contributed by atoms with van der Waals surface area (Å²) in [7, 11) is 0. The van der Waals surface area contributed by atoms with Crippen LogP contribution < -0.4 is 5.73 Å². The van der Waals surface area contributed by atoms with E-state index in [1.54, 1.807) is 18.2 Å². The molecule has 4 heteroatoms. The fraction of sp³-hybridized carbons (Fsp3) is 0.0909. The third-order valence-electron chi connectivity index (χ3n) is 1.74. The van der Waals surface area contributed by atoms with E-state index in [4.69, 9.17) is 11.0 Å². The second-order valence-corrected chi connectivity index (χ2v) is 2.92. The van der Waals surface area contributed by atoms with Gasteiger partial charge in [0.2, 0.25) is 5.91 Å². The van der Waals surface area contributed by atoms with Crippen LogP contribution >= 0.6 is 0 Å². The van der Waals surface area contributed by atoms with Crippen LogP contribution in [0.1, 0.15) is 17.5 Å². The molecule has 0 aliphatic carbocycles. The molecule has 1 amide bonds. The highest BCUT2D eigenvalue weighted by molar-refractivity contribution is 5.76. The van der Waals surface area contributed by atoms with Gasteiger partial charge in [-0.2, -0.15) is 5.26 Å². The largest absolute Gasteiger partial charge is 0.369 e. The molecule has 0 radical (unpaired) electrons. The third kappa shape index (κ3) is 3.24. The predicted octanol–water partition coefficient (Wildman–Crippen LogP) is 1.59. The van der Waals surface area contributed by atoms with Crippen LogP contribution in [-0.2, 0) is 4.79 Å². The lowest BCUT2D eigenvalue weighted by Gasteiger charge is -1.95. The SMILES string of the molecule is N#Cc1cc(C=CCC(N)=O)ccc1F. The molecule has 0 aliphatic heterocycles. The van der Waals surface area contributed by atoms with Crippen molar-refractivity contribution in [2.24, 2.45) is 5.73 Å². The van der Waals surface area contributed by atoms with Crippen LogP contribution in [0.3, 0.4) is 0 Å². The van der Waals surface area contributed by atoms with E-state index in [1.165, 1.54) is 18.2 Å². The summed E-state index contributed by atoms with van der Waals surface area (Å²) in [5.74, 6) is -0.988. The molecule has 0 unspecified atom stereocenters. The molecule has 0 saturated carbocycles. The lowest BCUT2D eigenvalue weighted by Crippen LogP contribution is -2.07. The number of rotatable bonds is 3. The molecule has 0 aromatic heterocycles. The van der Waals surface area contributed by atoms with Crippen LogP contribution in [0.2, 0.25) is 0 Å². The van der Waals surface area contributed by atoms with Crippen molar-refractivity contribution in [3.8, 4) is 6.07 Å². The van der Waals surface area contributed by atoms with E-state index < -0.39 is 11.7 Å². The van der Waals surface area contributed by atoms with Gasteiger partial charge in [0.15, 0.2) is 0 Å². The summed E-state index contributed by atoms with van der Waals surface area (Å²) in [6, 6.07) is 5.88. The number of hydrogen-bond donors (Lipinski definition) is 1. The molecule has 0 aliphatic rings. The van der Waals surface area contributed by atoms with Crippen LogP contribution in [0.25, 0.3) is 6.08 Å². The maximum Gasteiger partial charge on any atom is 0.221 e. The number of nitrogens with zero attached hydrogens (tertiary/aromatic N) is 1. The third-order valence-corrected chi connectivity index (χ3v) is 1.74. The maximum atomic E-state index is 12.9. The minimum absolute atomic E-state index is 0.0174. The van der Waals surface area contributed by atoms with Crippen molar-refractivity contribution in [1.82, 2.24) is 0 Å². The van der Waals surface area contributed by atoms with E-state index in [9.17, 15) is 9.18 Å². The van der Waals surface area contributed by atoms with E-state index in [0.717, 1.165) is 0 Å². The topological polar surface area (TPSA) is 66.9 Å². The van der Waals surface area contributed by atoms with Gasteiger partial charge in [-0.15, -0.1) is 0 Å². The van der Waals surface area contributed by atoms with Crippen molar-refractivity contribution in [2.45, 2.75) is 6.42 Å². The average molecular weight is 204 g/mol. The molecule has 0 heterocycles. The fourth-order valence-electron chi connectivity index (χ4n) is 1.04. The number of benzene rings is 1. The van der Waals surface area contributed by atoms with Gasteiger partial charge in [0, 0.05) is 6.42 Å². The Hall–Kier alpha value is -2.15. The summed E-state index contributed by atoms with van der Waals surface area (Å²) >= 11 is 0. The summed E-state index contributed by atoms with van der Waals surface area (Å²) in [6.07, 6.45) is 3.31. The first-order chi connectivity index (χ1) is 7.13. The summed E-state index contributed by atoms with van der Waals surface area (Å²) in [4.78, 5) is 10.4. The lowest BCUT2D eigenvalue weighted by molar-refractivity contribution is -0.117. The number of carbonyl (C=O) groups excluding carboxylic acids is 1. The molecule has 0 saturated heterocycles. The predicted molar refractivity (Wildman–Crippen MR) is 54.0 cm³/mol. The van der Waals surface area contributed by atoms with Crippen molar-refractivity contribution in [3.05, 3.63) is 41.2 Å². The minimum Gasteiger partial charge on any atom is -0.369 e. The first kappa shape index (κ1) is 10.9. The normalized spacial score (nSPS) is 10.1. The zero-order valence-corrected chi connectivity index (χ0v) is 7.90. The Morgan fingerprint density at radius 1 is 1.60 bits per heavy atom. The van der Waals surface area contributed by atoms with Gasteiger partial charge in [0.1, 0.15) is 11.9 Å². The highest BCUT2D eigenvalue weighted by Crippen LogP contribution is 2.10. The smallest absolute Gasteiger partial charge is 0.221 e. The Bertz CT molecular complexity index is 446. The molecule has 0 bridgehead atoms. The minimum atomic E-state index is -0.551. The van der Waals surface area contributed by atoms with Crippen LogP contribution in [-0.4, -0.2) is 5.91 Å². The van der Waals surface area contributed by atoms with Gasteiger partial charge in [-0.05, 0) is 17.7 Å². The number of nitrogens with two attached hydrogens (primary N) is 1. The van der Waals surface area contributed by atoms with Gasteiger partial charge in [-0.3, -0.25) is 4.79 Å². The lowest BCUT2D eigenvalue weighted by atomic mass is 10.1. The van der Waals surface area contributed by atoms with Gasteiger partial charge >= 0.3 is 0 Å². The Kier molecular flexibility index (Phi) is 3.58.